The van der Waals surface area contributed by atoms with Gasteiger partial charge in [0, 0.05) is 19.3 Å². The van der Waals surface area contributed by atoms with Crippen LogP contribution in [0.2, 0.25) is 0 Å². The van der Waals surface area contributed by atoms with E-state index in [4.69, 9.17) is 0 Å². The van der Waals surface area contributed by atoms with Crippen LogP contribution in [0.5, 0.6) is 0 Å². The number of β-amino-alcohol motifs (C(OH)–C–C–N with tert-alkyl or cyclic N) is 1. The Morgan fingerprint density at radius 3 is 2.89 bits per heavy atom. The molecule has 0 radical (unpaired) electrons. The number of piperidine rings is 1. The quantitative estimate of drug-likeness (QED) is 0.832. The van der Waals surface area contributed by atoms with Gasteiger partial charge >= 0.3 is 0 Å². The first-order chi connectivity index (χ1) is 8.74. The largest absolute Gasteiger partial charge is 0.390 e. The monoisotopic (exact) mass is 249 g/mol. The molecule has 0 spiro atoms. The van der Waals surface area contributed by atoms with Gasteiger partial charge in [0.1, 0.15) is 5.82 Å². The van der Waals surface area contributed by atoms with Crippen LogP contribution in [0, 0.1) is 5.92 Å². The predicted molar refractivity (Wildman–Crippen MR) is 73.6 cm³/mol. The molecule has 4 nitrogen and oxygen atoms in total. The Kier molecular flexibility index (Phi) is 4.96. The second kappa shape index (κ2) is 6.71. The van der Waals surface area contributed by atoms with Crippen molar-refractivity contribution in [1.29, 1.82) is 0 Å². The van der Waals surface area contributed by atoms with Gasteiger partial charge in [-0.15, -0.1) is 0 Å². The summed E-state index contributed by atoms with van der Waals surface area (Å²) >= 11 is 0. The molecule has 2 rings (SSSR count). The molecule has 0 amide bonds. The van der Waals surface area contributed by atoms with E-state index >= 15 is 0 Å². The van der Waals surface area contributed by atoms with Crippen molar-refractivity contribution >= 4 is 5.82 Å². The third kappa shape index (κ3) is 4.27. The van der Waals surface area contributed by atoms with Gasteiger partial charge in [0.2, 0.25) is 0 Å². The third-order valence-electron chi connectivity index (χ3n) is 3.53. The summed E-state index contributed by atoms with van der Waals surface area (Å²) in [6.45, 7) is 5.84. The molecule has 1 unspecified atom stereocenters. The molecule has 0 saturated carbocycles. The Hall–Kier alpha value is -1.13. The van der Waals surface area contributed by atoms with E-state index in [2.05, 4.69) is 22.1 Å². The average Bonchev–Trinajstić information content (AvgIpc) is 2.40. The van der Waals surface area contributed by atoms with Crippen LogP contribution < -0.4 is 5.32 Å². The average molecular weight is 249 g/mol. The van der Waals surface area contributed by atoms with Gasteiger partial charge in [-0.1, -0.05) is 13.0 Å². The number of anilines is 1. The maximum Gasteiger partial charge on any atom is 0.125 e. The van der Waals surface area contributed by atoms with Crippen LogP contribution >= 0.6 is 0 Å². The zero-order valence-electron chi connectivity index (χ0n) is 11.0. The molecule has 100 valence electrons. The fourth-order valence-electron chi connectivity index (χ4n) is 2.30. The zero-order chi connectivity index (χ0) is 12.8. The molecule has 0 aromatic carbocycles. The lowest BCUT2D eigenvalue weighted by atomic mass is 9.99. The fourth-order valence-corrected chi connectivity index (χ4v) is 2.30. The highest BCUT2D eigenvalue weighted by atomic mass is 16.3. The van der Waals surface area contributed by atoms with Crippen LogP contribution in [0.25, 0.3) is 0 Å². The minimum atomic E-state index is -0.333. The fraction of sp³-hybridized carbons (Fsp3) is 0.643. The topological polar surface area (TPSA) is 48.4 Å². The highest BCUT2D eigenvalue weighted by Crippen LogP contribution is 2.15. The number of nitrogens with one attached hydrogen (secondary N) is 1. The molecule has 1 fully saturated rings. The Morgan fingerprint density at radius 1 is 1.44 bits per heavy atom. The molecule has 1 aromatic rings. The zero-order valence-corrected chi connectivity index (χ0v) is 11.0. The van der Waals surface area contributed by atoms with Gasteiger partial charge in [-0.2, -0.15) is 0 Å². The number of aliphatic hydroxyl groups is 1. The summed E-state index contributed by atoms with van der Waals surface area (Å²) in [5.74, 6) is 1.66. The predicted octanol–water partition coefficient (Wildman–Crippen LogP) is 1.59. The van der Waals surface area contributed by atoms with Gasteiger partial charge in [0.15, 0.2) is 0 Å². The molecular weight excluding hydrogens is 226 g/mol. The minimum Gasteiger partial charge on any atom is -0.390 e. The first-order valence-corrected chi connectivity index (χ1v) is 6.79. The van der Waals surface area contributed by atoms with E-state index in [1.165, 1.54) is 12.8 Å². The maximum atomic E-state index is 10.00. The van der Waals surface area contributed by atoms with Crippen molar-refractivity contribution in [3.63, 3.8) is 0 Å². The number of pyridine rings is 1. The number of aliphatic hydroxyl groups excluding tert-OH is 1. The maximum absolute atomic E-state index is 10.00. The molecule has 2 N–H and O–H groups in total. The van der Waals surface area contributed by atoms with Crippen molar-refractivity contribution in [2.24, 2.45) is 5.92 Å². The van der Waals surface area contributed by atoms with Gasteiger partial charge in [-0.3, -0.25) is 0 Å². The van der Waals surface area contributed by atoms with Crippen molar-refractivity contribution in [2.75, 3.05) is 31.5 Å². The number of hydrogen-bond donors (Lipinski definition) is 2. The molecule has 1 aliphatic rings. The van der Waals surface area contributed by atoms with E-state index in [1.807, 2.05) is 18.2 Å². The SMILES string of the molecule is CC1CCN(CC(O)CNc2ccccn2)CC1. The molecule has 1 saturated heterocycles. The van der Waals surface area contributed by atoms with Crippen molar-refractivity contribution in [3.05, 3.63) is 24.4 Å². The first kappa shape index (κ1) is 13.3. The van der Waals surface area contributed by atoms with Crippen LogP contribution in [0.1, 0.15) is 19.8 Å². The number of aromatic nitrogens is 1. The lowest BCUT2D eigenvalue weighted by Crippen LogP contribution is -2.40. The highest BCUT2D eigenvalue weighted by Gasteiger charge is 2.18. The molecule has 4 heteroatoms. The van der Waals surface area contributed by atoms with E-state index in [9.17, 15) is 5.11 Å². The lowest BCUT2D eigenvalue weighted by molar-refractivity contribution is 0.0989. The molecular formula is C14H23N3O. The van der Waals surface area contributed by atoms with Crippen LogP contribution in [0.15, 0.2) is 24.4 Å². The molecule has 18 heavy (non-hydrogen) atoms. The van der Waals surface area contributed by atoms with Gasteiger partial charge in [0.25, 0.3) is 0 Å². The van der Waals surface area contributed by atoms with Crippen LogP contribution in [-0.2, 0) is 0 Å². The van der Waals surface area contributed by atoms with E-state index in [1.54, 1.807) is 6.20 Å². The van der Waals surface area contributed by atoms with Crippen LogP contribution in [0.3, 0.4) is 0 Å². The van der Waals surface area contributed by atoms with Gasteiger partial charge < -0.3 is 15.3 Å². The first-order valence-electron chi connectivity index (χ1n) is 6.79. The highest BCUT2D eigenvalue weighted by molar-refractivity contribution is 5.33. The van der Waals surface area contributed by atoms with E-state index in [0.717, 1.165) is 31.4 Å². The molecule has 1 aromatic heterocycles. The van der Waals surface area contributed by atoms with Gasteiger partial charge in [-0.25, -0.2) is 4.98 Å². The van der Waals surface area contributed by atoms with E-state index in [-0.39, 0.29) is 6.10 Å². The summed E-state index contributed by atoms with van der Waals surface area (Å²) in [5.41, 5.74) is 0. The summed E-state index contributed by atoms with van der Waals surface area (Å²) < 4.78 is 0. The second-order valence-corrected chi connectivity index (χ2v) is 5.23. The second-order valence-electron chi connectivity index (χ2n) is 5.23. The Bertz CT molecular complexity index is 336. The number of nitrogens with zero attached hydrogens (tertiary/aromatic N) is 2. The van der Waals surface area contributed by atoms with E-state index < -0.39 is 0 Å². The summed E-state index contributed by atoms with van der Waals surface area (Å²) in [6.07, 6.45) is 3.92. The smallest absolute Gasteiger partial charge is 0.125 e. The van der Waals surface area contributed by atoms with Crippen LogP contribution in [-0.4, -0.2) is 47.3 Å². The third-order valence-corrected chi connectivity index (χ3v) is 3.53. The summed E-state index contributed by atoms with van der Waals surface area (Å²) in [5, 5.41) is 13.2. The summed E-state index contributed by atoms with van der Waals surface area (Å²) in [4.78, 5) is 6.52. The number of likely N-dealkylation sites (tertiary alicyclic amines) is 1. The van der Waals surface area contributed by atoms with Crippen LogP contribution in [0.4, 0.5) is 5.82 Å². The molecule has 0 aliphatic carbocycles. The number of rotatable bonds is 5. The Labute approximate surface area is 109 Å². The van der Waals surface area contributed by atoms with E-state index in [0.29, 0.717) is 6.54 Å². The molecule has 1 atom stereocenters. The van der Waals surface area contributed by atoms with Crippen molar-refractivity contribution in [3.8, 4) is 0 Å². The normalized spacial score (nSPS) is 19.7. The van der Waals surface area contributed by atoms with Gasteiger partial charge in [0.05, 0.1) is 6.10 Å². The number of hydrogen-bond acceptors (Lipinski definition) is 4. The van der Waals surface area contributed by atoms with Crippen molar-refractivity contribution in [2.45, 2.75) is 25.9 Å². The lowest BCUT2D eigenvalue weighted by Gasteiger charge is -2.31. The van der Waals surface area contributed by atoms with Gasteiger partial charge in [-0.05, 0) is 44.0 Å². The van der Waals surface area contributed by atoms with Crippen molar-refractivity contribution < 1.29 is 5.11 Å². The standard InChI is InChI=1S/C14H23N3O/c1-12-5-8-17(9-6-12)11-13(18)10-16-14-4-2-3-7-15-14/h2-4,7,12-13,18H,5-6,8-11H2,1H3,(H,15,16). The molecule has 0 bridgehead atoms. The molecule has 1 aliphatic heterocycles. The minimum absolute atomic E-state index is 0.333. The Morgan fingerprint density at radius 2 is 2.22 bits per heavy atom. The Balaban J connectivity index is 1.67. The van der Waals surface area contributed by atoms with Crippen molar-refractivity contribution in [1.82, 2.24) is 9.88 Å². The molecule has 2 heterocycles. The summed E-state index contributed by atoms with van der Waals surface area (Å²) in [7, 11) is 0. The summed E-state index contributed by atoms with van der Waals surface area (Å²) in [6, 6.07) is 5.74.